The van der Waals surface area contributed by atoms with Gasteiger partial charge in [-0.25, -0.2) is 9.18 Å². The third kappa shape index (κ3) is 3.22. The van der Waals surface area contributed by atoms with E-state index < -0.39 is 5.97 Å². The number of cyclic esters (lactones) is 1. The molecule has 0 amide bonds. The maximum atomic E-state index is 14.1. The molecule has 0 saturated carbocycles. The zero-order valence-corrected chi connectivity index (χ0v) is 15.1. The van der Waals surface area contributed by atoms with E-state index >= 15 is 0 Å². The Balaban J connectivity index is 1.73. The van der Waals surface area contributed by atoms with E-state index in [1.165, 1.54) is 6.07 Å². The molecule has 3 nitrogen and oxygen atoms in total. The molecule has 0 fully saturated rings. The second-order valence-corrected chi connectivity index (χ2v) is 6.57. The predicted octanol–water partition coefficient (Wildman–Crippen LogP) is 5.21. The summed E-state index contributed by atoms with van der Waals surface area (Å²) in [5.41, 5.74) is 4.65. The molecule has 1 aliphatic rings. The first-order valence-electron chi connectivity index (χ1n) is 8.68. The highest BCUT2D eigenvalue weighted by Crippen LogP contribution is 2.30. The molecule has 0 N–H and O–H groups in total. The van der Waals surface area contributed by atoms with Gasteiger partial charge in [0.25, 0.3) is 0 Å². The molecule has 0 unspecified atom stereocenters. The second kappa shape index (κ2) is 6.72. The third-order valence-corrected chi connectivity index (χ3v) is 4.57. The van der Waals surface area contributed by atoms with Gasteiger partial charge in [0.1, 0.15) is 11.6 Å². The van der Waals surface area contributed by atoms with Crippen molar-refractivity contribution in [1.82, 2.24) is 4.57 Å². The van der Waals surface area contributed by atoms with Gasteiger partial charge in [0.05, 0.1) is 11.3 Å². The van der Waals surface area contributed by atoms with Gasteiger partial charge >= 0.3 is 5.97 Å². The Kier molecular flexibility index (Phi) is 4.24. The number of aryl methyl sites for hydroxylation is 2. The van der Waals surface area contributed by atoms with Crippen LogP contribution in [0.1, 0.15) is 22.4 Å². The fourth-order valence-electron chi connectivity index (χ4n) is 3.25. The first kappa shape index (κ1) is 17.0. The van der Waals surface area contributed by atoms with E-state index in [0.29, 0.717) is 22.7 Å². The van der Waals surface area contributed by atoms with E-state index in [2.05, 4.69) is 6.07 Å². The first-order chi connectivity index (χ1) is 13.0. The van der Waals surface area contributed by atoms with Crippen molar-refractivity contribution in [1.29, 1.82) is 0 Å². The van der Waals surface area contributed by atoms with Crippen LogP contribution in [-0.4, -0.2) is 10.5 Å². The third-order valence-electron chi connectivity index (χ3n) is 4.57. The first-order valence-corrected chi connectivity index (χ1v) is 8.68. The Morgan fingerprint density at radius 1 is 1.04 bits per heavy atom. The van der Waals surface area contributed by atoms with E-state index in [1.807, 2.05) is 38.1 Å². The van der Waals surface area contributed by atoms with Crippen molar-refractivity contribution in [2.75, 3.05) is 0 Å². The van der Waals surface area contributed by atoms with Gasteiger partial charge in [0, 0.05) is 17.5 Å². The zero-order chi connectivity index (χ0) is 19.0. The number of para-hydroxylation sites is 1. The number of ether oxygens (including phenoxy) is 1. The summed E-state index contributed by atoms with van der Waals surface area (Å²) >= 11 is 0. The average Bonchev–Trinajstić information content (AvgIpc) is 3.23. The fourth-order valence-corrected chi connectivity index (χ4v) is 3.25. The number of carbonyl (C=O) groups is 1. The van der Waals surface area contributed by atoms with Crippen LogP contribution < -0.4 is 0 Å². The molecule has 0 bridgehead atoms. The van der Waals surface area contributed by atoms with Gasteiger partial charge in [-0.3, -0.25) is 0 Å². The molecular formula is C23H18FNO2. The number of carbonyl (C=O) groups excluding carboxylic acids is 1. The molecule has 0 atom stereocenters. The molecule has 0 aliphatic carbocycles. The monoisotopic (exact) mass is 359 g/mol. The lowest BCUT2D eigenvalue weighted by Gasteiger charge is -2.07. The largest absolute Gasteiger partial charge is 0.422 e. The SMILES string of the molecule is Cc1ccc(C2=CC(=Cc3cccn3-c3ccccc3F)C(=O)O2)c(C)c1. The van der Waals surface area contributed by atoms with Gasteiger partial charge in [0.15, 0.2) is 0 Å². The van der Waals surface area contributed by atoms with Gasteiger partial charge in [-0.05, 0) is 55.8 Å². The van der Waals surface area contributed by atoms with Crippen molar-refractivity contribution < 1.29 is 13.9 Å². The molecule has 2 heterocycles. The van der Waals surface area contributed by atoms with Crippen molar-refractivity contribution in [3.05, 3.63) is 101 Å². The van der Waals surface area contributed by atoms with Crippen molar-refractivity contribution in [2.24, 2.45) is 0 Å². The maximum absolute atomic E-state index is 14.1. The van der Waals surface area contributed by atoms with Crippen LogP contribution in [0.5, 0.6) is 0 Å². The molecule has 4 rings (SSSR count). The van der Waals surface area contributed by atoms with Crippen LogP contribution in [-0.2, 0) is 9.53 Å². The Bertz CT molecular complexity index is 1110. The molecule has 27 heavy (non-hydrogen) atoms. The molecule has 134 valence electrons. The summed E-state index contributed by atoms with van der Waals surface area (Å²) < 4.78 is 21.3. The summed E-state index contributed by atoms with van der Waals surface area (Å²) in [6, 6.07) is 16.2. The minimum Gasteiger partial charge on any atom is -0.422 e. The smallest absolute Gasteiger partial charge is 0.343 e. The number of rotatable bonds is 3. The molecule has 1 aliphatic heterocycles. The van der Waals surface area contributed by atoms with Gasteiger partial charge < -0.3 is 9.30 Å². The highest BCUT2D eigenvalue weighted by atomic mass is 19.1. The van der Waals surface area contributed by atoms with E-state index in [0.717, 1.165) is 16.7 Å². The lowest BCUT2D eigenvalue weighted by Crippen LogP contribution is -2.01. The minimum atomic E-state index is -0.411. The lowest BCUT2D eigenvalue weighted by molar-refractivity contribution is -0.130. The molecule has 1 aromatic heterocycles. The lowest BCUT2D eigenvalue weighted by atomic mass is 10.0. The average molecular weight is 359 g/mol. The minimum absolute atomic E-state index is 0.325. The van der Waals surface area contributed by atoms with Gasteiger partial charge in [-0.15, -0.1) is 0 Å². The molecule has 0 saturated heterocycles. The van der Waals surface area contributed by atoms with Crippen LogP contribution >= 0.6 is 0 Å². The Morgan fingerprint density at radius 2 is 1.85 bits per heavy atom. The highest BCUT2D eigenvalue weighted by molar-refractivity contribution is 6.05. The zero-order valence-electron chi connectivity index (χ0n) is 15.1. The van der Waals surface area contributed by atoms with Crippen LogP contribution in [0.3, 0.4) is 0 Å². The Labute approximate surface area is 157 Å². The molecule has 0 spiro atoms. The Hall–Kier alpha value is -3.40. The maximum Gasteiger partial charge on any atom is 0.343 e. The number of hydrogen-bond donors (Lipinski definition) is 0. The molecule has 2 aromatic carbocycles. The number of hydrogen-bond acceptors (Lipinski definition) is 2. The summed E-state index contributed by atoms with van der Waals surface area (Å²) in [6.07, 6.45) is 5.21. The van der Waals surface area contributed by atoms with Crippen LogP contribution in [0.15, 0.2) is 72.4 Å². The normalized spacial score (nSPS) is 15.1. The number of aromatic nitrogens is 1. The van der Waals surface area contributed by atoms with E-state index in [9.17, 15) is 9.18 Å². The number of nitrogens with zero attached hydrogens (tertiary/aromatic N) is 1. The number of esters is 1. The van der Waals surface area contributed by atoms with Crippen LogP contribution in [0, 0.1) is 19.7 Å². The highest BCUT2D eigenvalue weighted by Gasteiger charge is 2.23. The summed E-state index contributed by atoms with van der Waals surface area (Å²) in [5.74, 6) is -0.201. The summed E-state index contributed by atoms with van der Waals surface area (Å²) in [4.78, 5) is 12.4. The van der Waals surface area contributed by atoms with Crippen LogP contribution in [0.2, 0.25) is 0 Å². The molecule has 3 aromatic rings. The molecular weight excluding hydrogens is 341 g/mol. The van der Waals surface area contributed by atoms with Crippen LogP contribution in [0.25, 0.3) is 17.5 Å². The number of halogens is 1. The van der Waals surface area contributed by atoms with Gasteiger partial charge in [0.2, 0.25) is 0 Å². The summed E-state index contributed by atoms with van der Waals surface area (Å²) in [5, 5.41) is 0. The van der Waals surface area contributed by atoms with Crippen molar-refractivity contribution in [3.8, 4) is 5.69 Å². The van der Waals surface area contributed by atoms with Crippen molar-refractivity contribution >= 4 is 17.8 Å². The quantitative estimate of drug-likeness (QED) is 0.474. The predicted molar refractivity (Wildman–Crippen MR) is 104 cm³/mol. The summed E-state index contributed by atoms with van der Waals surface area (Å²) in [7, 11) is 0. The van der Waals surface area contributed by atoms with E-state index in [4.69, 9.17) is 4.74 Å². The van der Waals surface area contributed by atoms with Crippen LogP contribution in [0.4, 0.5) is 4.39 Å². The molecule has 4 heteroatoms. The van der Waals surface area contributed by atoms with E-state index in [-0.39, 0.29) is 5.82 Å². The second-order valence-electron chi connectivity index (χ2n) is 6.57. The number of benzene rings is 2. The molecule has 0 radical (unpaired) electrons. The van der Waals surface area contributed by atoms with Gasteiger partial charge in [-0.2, -0.15) is 0 Å². The summed E-state index contributed by atoms with van der Waals surface area (Å²) in [6.45, 7) is 4.01. The Morgan fingerprint density at radius 3 is 2.63 bits per heavy atom. The van der Waals surface area contributed by atoms with Crippen molar-refractivity contribution in [2.45, 2.75) is 13.8 Å². The fraction of sp³-hybridized carbons (Fsp3) is 0.0870. The van der Waals surface area contributed by atoms with Crippen molar-refractivity contribution in [3.63, 3.8) is 0 Å². The standard InChI is InChI=1S/C23H18FNO2/c1-15-9-10-19(16(2)12-15)22-14-17(23(26)27-22)13-18-6-5-11-25(18)21-8-4-3-7-20(21)24/h3-14H,1-2H3. The topological polar surface area (TPSA) is 31.2 Å². The van der Waals surface area contributed by atoms with E-state index in [1.54, 1.807) is 41.1 Å². The van der Waals surface area contributed by atoms with Gasteiger partial charge in [-0.1, -0.05) is 35.9 Å².